The smallest absolute Gasteiger partial charge is 0.253 e. The number of nitrogens with zero attached hydrogens (tertiary/aromatic N) is 1. The highest BCUT2D eigenvalue weighted by atomic mass is 32.2. The Balaban J connectivity index is 1.77. The minimum absolute atomic E-state index is 0.0270. The summed E-state index contributed by atoms with van der Waals surface area (Å²) in [6.45, 7) is 1.60. The van der Waals surface area contributed by atoms with Gasteiger partial charge in [-0.1, -0.05) is 43.3 Å². The van der Waals surface area contributed by atoms with E-state index in [9.17, 15) is 13.2 Å². The number of likely N-dealkylation sites (N-methyl/N-ethyl adjacent to an activating group) is 1. The van der Waals surface area contributed by atoms with E-state index in [0.717, 1.165) is 6.42 Å². The number of sulfone groups is 1. The van der Waals surface area contributed by atoms with Crippen molar-refractivity contribution in [2.75, 3.05) is 12.8 Å². The van der Waals surface area contributed by atoms with Gasteiger partial charge in [-0.05, 0) is 30.2 Å². The Morgan fingerprint density at radius 2 is 1.83 bits per heavy atom. The fraction of sp³-hybridized carbons (Fsp3) is 0.316. The van der Waals surface area contributed by atoms with Crippen molar-refractivity contribution < 1.29 is 13.2 Å². The van der Waals surface area contributed by atoms with Crippen LogP contribution in [0.2, 0.25) is 0 Å². The summed E-state index contributed by atoms with van der Waals surface area (Å²) in [7, 11) is -1.52. The van der Waals surface area contributed by atoms with Crippen LogP contribution in [-0.2, 0) is 9.84 Å². The first kappa shape index (κ1) is 16.7. The summed E-state index contributed by atoms with van der Waals surface area (Å²) in [6.07, 6.45) is 0.944. The first-order chi connectivity index (χ1) is 11.4. The van der Waals surface area contributed by atoms with Crippen LogP contribution in [0, 0.1) is 0 Å². The standard InChI is InChI=1S/C19H21NO3S/c1-3-24(22,23)16-11-7-10-15(12-16)19(21)20(2)18-13-17(18)14-8-5-4-6-9-14/h4-12,17-18H,3,13H2,1-2H3/t17-,18-/m0/s1. The molecule has 1 aliphatic rings. The van der Waals surface area contributed by atoms with Crippen molar-refractivity contribution in [2.45, 2.75) is 30.2 Å². The largest absolute Gasteiger partial charge is 0.338 e. The molecule has 0 bridgehead atoms. The predicted molar refractivity (Wildman–Crippen MR) is 93.9 cm³/mol. The van der Waals surface area contributed by atoms with Gasteiger partial charge in [0, 0.05) is 24.6 Å². The maximum absolute atomic E-state index is 12.7. The lowest BCUT2D eigenvalue weighted by atomic mass is 10.1. The third-order valence-electron chi connectivity index (χ3n) is 4.62. The van der Waals surface area contributed by atoms with Crippen LogP contribution in [0.1, 0.15) is 35.2 Å². The van der Waals surface area contributed by atoms with E-state index in [1.165, 1.54) is 11.6 Å². The molecule has 1 amide bonds. The van der Waals surface area contributed by atoms with Crippen molar-refractivity contribution in [3.8, 4) is 0 Å². The number of carbonyl (C=O) groups is 1. The molecule has 126 valence electrons. The van der Waals surface area contributed by atoms with Crippen molar-refractivity contribution in [2.24, 2.45) is 0 Å². The van der Waals surface area contributed by atoms with Crippen molar-refractivity contribution in [1.29, 1.82) is 0 Å². The van der Waals surface area contributed by atoms with E-state index in [2.05, 4.69) is 12.1 Å². The van der Waals surface area contributed by atoms with Crippen LogP contribution in [0.3, 0.4) is 0 Å². The monoisotopic (exact) mass is 343 g/mol. The molecule has 0 unspecified atom stereocenters. The Bertz CT molecular complexity index is 846. The molecular formula is C19H21NO3S. The molecule has 0 N–H and O–H groups in total. The average Bonchev–Trinajstić information content (AvgIpc) is 3.42. The van der Waals surface area contributed by atoms with Crippen LogP contribution >= 0.6 is 0 Å². The number of benzene rings is 2. The van der Waals surface area contributed by atoms with Gasteiger partial charge in [-0.3, -0.25) is 4.79 Å². The van der Waals surface area contributed by atoms with Crippen LogP contribution in [0.4, 0.5) is 0 Å². The molecule has 2 aromatic rings. The fourth-order valence-electron chi connectivity index (χ4n) is 3.01. The molecule has 2 aromatic carbocycles. The molecule has 2 atom stereocenters. The third kappa shape index (κ3) is 3.22. The van der Waals surface area contributed by atoms with Crippen molar-refractivity contribution >= 4 is 15.7 Å². The highest BCUT2D eigenvalue weighted by Crippen LogP contribution is 2.44. The Hall–Kier alpha value is -2.14. The molecule has 1 fully saturated rings. The summed E-state index contributed by atoms with van der Waals surface area (Å²) in [6, 6.07) is 16.7. The van der Waals surface area contributed by atoms with Gasteiger partial charge in [0.2, 0.25) is 0 Å². The van der Waals surface area contributed by atoms with E-state index in [0.29, 0.717) is 11.5 Å². The molecule has 3 rings (SSSR count). The first-order valence-corrected chi connectivity index (χ1v) is 9.74. The van der Waals surface area contributed by atoms with Crippen LogP contribution in [0.15, 0.2) is 59.5 Å². The van der Waals surface area contributed by atoms with E-state index >= 15 is 0 Å². The minimum Gasteiger partial charge on any atom is -0.338 e. The Morgan fingerprint density at radius 3 is 2.50 bits per heavy atom. The van der Waals surface area contributed by atoms with Crippen molar-refractivity contribution in [3.05, 3.63) is 65.7 Å². The fourth-order valence-corrected chi connectivity index (χ4v) is 3.94. The maximum Gasteiger partial charge on any atom is 0.253 e. The second kappa shape index (κ2) is 6.40. The van der Waals surface area contributed by atoms with E-state index in [1.54, 1.807) is 37.1 Å². The minimum atomic E-state index is -3.31. The van der Waals surface area contributed by atoms with Gasteiger partial charge in [0.1, 0.15) is 0 Å². The maximum atomic E-state index is 12.7. The molecule has 0 saturated heterocycles. The molecule has 0 aromatic heterocycles. The second-order valence-corrected chi connectivity index (χ2v) is 8.45. The van der Waals surface area contributed by atoms with E-state index in [-0.39, 0.29) is 22.6 Å². The zero-order valence-corrected chi connectivity index (χ0v) is 14.7. The molecule has 5 heteroatoms. The lowest BCUT2D eigenvalue weighted by molar-refractivity contribution is 0.0782. The molecule has 0 radical (unpaired) electrons. The number of carbonyl (C=O) groups excluding carboxylic acids is 1. The SMILES string of the molecule is CCS(=O)(=O)c1cccc(C(=O)N(C)[C@H]2C[C@H]2c2ccccc2)c1. The Labute approximate surface area is 143 Å². The third-order valence-corrected chi connectivity index (χ3v) is 6.35. The molecule has 0 heterocycles. The van der Waals surface area contributed by atoms with Gasteiger partial charge < -0.3 is 4.90 Å². The Kier molecular flexibility index (Phi) is 4.45. The zero-order valence-electron chi connectivity index (χ0n) is 13.8. The molecule has 1 aliphatic carbocycles. The van der Waals surface area contributed by atoms with Crippen LogP contribution in [0.25, 0.3) is 0 Å². The predicted octanol–water partition coefficient (Wildman–Crippen LogP) is 3.11. The van der Waals surface area contributed by atoms with Crippen LogP contribution in [0.5, 0.6) is 0 Å². The molecule has 24 heavy (non-hydrogen) atoms. The highest BCUT2D eigenvalue weighted by molar-refractivity contribution is 7.91. The average molecular weight is 343 g/mol. The topological polar surface area (TPSA) is 54.5 Å². The van der Waals surface area contributed by atoms with Gasteiger partial charge >= 0.3 is 0 Å². The number of rotatable bonds is 5. The van der Waals surface area contributed by atoms with Gasteiger partial charge in [-0.25, -0.2) is 8.42 Å². The molecule has 0 spiro atoms. The number of hydrogen-bond acceptors (Lipinski definition) is 3. The summed E-state index contributed by atoms with van der Waals surface area (Å²) in [5, 5.41) is 0. The van der Waals surface area contributed by atoms with E-state index < -0.39 is 9.84 Å². The van der Waals surface area contributed by atoms with Crippen LogP contribution < -0.4 is 0 Å². The van der Waals surface area contributed by atoms with E-state index in [4.69, 9.17) is 0 Å². The summed E-state index contributed by atoms with van der Waals surface area (Å²) in [5.41, 5.74) is 1.66. The quantitative estimate of drug-likeness (QED) is 0.838. The number of hydrogen-bond donors (Lipinski definition) is 0. The summed E-state index contributed by atoms with van der Waals surface area (Å²) < 4.78 is 24.0. The van der Waals surface area contributed by atoms with Gasteiger partial charge in [-0.15, -0.1) is 0 Å². The van der Waals surface area contributed by atoms with Gasteiger partial charge in [0.25, 0.3) is 5.91 Å². The second-order valence-electron chi connectivity index (χ2n) is 6.17. The van der Waals surface area contributed by atoms with Crippen molar-refractivity contribution in [1.82, 2.24) is 4.90 Å². The molecule has 4 nitrogen and oxygen atoms in total. The van der Waals surface area contributed by atoms with Gasteiger partial charge in [-0.2, -0.15) is 0 Å². The van der Waals surface area contributed by atoms with Crippen LogP contribution in [-0.4, -0.2) is 38.1 Å². The molecular weight excluding hydrogens is 322 g/mol. The summed E-state index contributed by atoms with van der Waals surface area (Å²) in [4.78, 5) is 14.6. The lowest BCUT2D eigenvalue weighted by Crippen LogP contribution is -2.29. The van der Waals surface area contributed by atoms with Gasteiger partial charge in [0.15, 0.2) is 9.84 Å². The van der Waals surface area contributed by atoms with Gasteiger partial charge in [0.05, 0.1) is 10.6 Å². The normalized spacial score (nSPS) is 19.8. The Morgan fingerprint density at radius 1 is 1.12 bits per heavy atom. The summed E-state index contributed by atoms with van der Waals surface area (Å²) >= 11 is 0. The summed E-state index contributed by atoms with van der Waals surface area (Å²) in [5.74, 6) is 0.258. The zero-order chi connectivity index (χ0) is 17.3. The first-order valence-electron chi connectivity index (χ1n) is 8.09. The lowest BCUT2D eigenvalue weighted by Gasteiger charge is -2.18. The van der Waals surface area contributed by atoms with E-state index in [1.807, 2.05) is 18.2 Å². The highest BCUT2D eigenvalue weighted by Gasteiger charge is 2.43. The van der Waals surface area contributed by atoms with Crippen molar-refractivity contribution in [3.63, 3.8) is 0 Å². The molecule has 1 saturated carbocycles. The number of amides is 1. The molecule has 0 aliphatic heterocycles.